The first-order valence-electron chi connectivity index (χ1n) is 6.14. The molecule has 6 heteroatoms. The molecule has 0 saturated carbocycles. The molecule has 5 nitrogen and oxygen atoms in total. The number of nitrogens with one attached hydrogen (secondary N) is 1. The van der Waals surface area contributed by atoms with E-state index >= 15 is 0 Å². The molecule has 20 heavy (non-hydrogen) atoms. The molecule has 0 radical (unpaired) electrons. The maximum Gasteiger partial charge on any atom is 0.343 e. The van der Waals surface area contributed by atoms with E-state index in [9.17, 15) is 4.79 Å². The Morgan fingerprint density at radius 1 is 1.40 bits per heavy atom. The van der Waals surface area contributed by atoms with Gasteiger partial charge in [0.15, 0.2) is 6.61 Å². The lowest BCUT2D eigenvalue weighted by Crippen LogP contribution is -2.12. The molecule has 0 amide bonds. The second-order valence-corrected chi connectivity index (χ2v) is 5.05. The van der Waals surface area contributed by atoms with Crippen LogP contribution in [0.15, 0.2) is 35.8 Å². The van der Waals surface area contributed by atoms with E-state index in [1.165, 1.54) is 7.11 Å². The van der Waals surface area contributed by atoms with Gasteiger partial charge in [0, 0.05) is 17.3 Å². The Morgan fingerprint density at radius 2 is 2.15 bits per heavy atom. The van der Waals surface area contributed by atoms with Gasteiger partial charge >= 0.3 is 5.97 Å². The summed E-state index contributed by atoms with van der Waals surface area (Å²) < 4.78 is 9.79. The molecule has 1 atom stereocenters. The van der Waals surface area contributed by atoms with Crippen LogP contribution in [0, 0.1) is 0 Å². The lowest BCUT2D eigenvalue weighted by Gasteiger charge is -2.13. The van der Waals surface area contributed by atoms with Crippen molar-refractivity contribution >= 4 is 23.0 Å². The summed E-state index contributed by atoms with van der Waals surface area (Å²) in [5, 5.41) is 6.34. The predicted octanol–water partition coefficient (Wildman–Crippen LogP) is 2.87. The van der Waals surface area contributed by atoms with Gasteiger partial charge in [-0.25, -0.2) is 9.78 Å². The Morgan fingerprint density at radius 3 is 2.75 bits per heavy atom. The van der Waals surface area contributed by atoms with E-state index in [-0.39, 0.29) is 12.6 Å². The predicted molar refractivity (Wildman–Crippen MR) is 78.1 cm³/mol. The van der Waals surface area contributed by atoms with Gasteiger partial charge in [0.1, 0.15) is 10.8 Å². The van der Waals surface area contributed by atoms with E-state index in [1.807, 2.05) is 17.5 Å². The molecule has 0 saturated heterocycles. The lowest BCUT2D eigenvalue weighted by atomic mass is 10.2. The largest absolute Gasteiger partial charge is 0.482 e. The van der Waals surface area contributed by atoms with Crippen LogP contribution in [0.2, 0.25) is 0 Å². The highest BCUT2D eigenvalue weighted by molar-refractivity contribution is 7.09. The zero-order valence-corrected chi connectivity index (χ0v) is 12.1. The SMILES string of the molecule is COC(=O)COc1ccc(NC(C)c2nccs2)cc1. The van der Waals surface area contributed by atoms with Crippen LogP contribution in [0.3, 0.4) is 0 Å². The van der Waals surface area contributed by atoms with Gasteiger partial charge in [-0.3, -0.25) is 0 Å². The second kappa shape index (κ2) is 6.91. The molecular formula is C14H16N2O3S. The Bertz CT molecular complexity index is 540. The number of nitrogens with zero attached hydrogens (tertiary/aromatic N) is 1. The van der Waals surface area contributed by atoms with Crippen molar-refractivity contribution in [2.45, 2.75) is 13.0 Å². The van der Waals surface area contributed by atoms with Gasteiger partial charge < -0.3 is 14.8 Å². The minimum absolute atomic E-state index is 0.0845. The van der Waals surface area contributed by atoms with E-state index < -0.39 is 5.97 Å². The number of carbonyl (C=O) groups excluding carboxylic acids is 1. The minimum atomic E-state index is -0.399. The van der Waals surface area contributed by atoms with Gasteiger partial charge in [-0.05, 0) is 31.2 Å². The fraction of sp³-hybridized carbons (Fsp3) is 0.286. The van der Waals surface area contributed by atoms with Crippen molar-refractivity contribution in [1.29, 1.82) is 0 Å². The number of benzene rings is 1. The van der Waals surface area contributed by atoms with Crippen LogP contribution in [0.1, 0.15) is 18.0 Å². The molecule has 1 aromatic heterocycles. The van der Waals surface area contributed by atoms with Crippen molar-refractivity contribution < 1.29 is 14.3 Å². The molecule has 2 rings (SSSR count). The van der Waals surface area contributed by atoms with Crippen molar-refractivity contribution in [2.75, 3.05) is 19.0 Å². The van der Waals surface area contributed by atoms with Gasteiger partial charge in [-0.15, -0.1) is 11.3 Å². The first kappa shape index (κ1) is 14.3. The number of methoxy groups -OCH3 is 1. The first-order valence-corrected chi connectivity index (χ1v) is 7.02. The number of rotatable bonds is 6. The summed E-state index contributed by atoms with van der Waals surface area (Å²) in [7, 11) is 1.33. The average Bonchev–Trinajstić information content (AvgIpc) is 3.00. The van der Waals surface area contributed by atoms with Crippen LogP contribution in [0.5, 0.6) is 5.75 Å². The van der Waals surface area contributed by atoms with Gasteiger partial charge in [-0.1, -0.05) is 0 Å². The molecule has 0 aliphatic rings. The second-order valence-electron chi connectivity index (χ2n) is 4.13. The van der Waals surface area contributed by atoms with E-state index in [2.05, 4.69) is 22.0 Å². The normalized spacial score (nSPS) is 11.7. The first-order chi connectivity index (χ1) is 9.69. The summed E-state index contributed by atoms with van der Waals surface area (Å²) >= 11 is 1.62. The van der Waals surface area contributed by atoms with Crippen molar-refractivity contribution in [3.63, 3.8) is 0 Å². The molecule has 0 aliphatic carbocycles. The Kier molecular flexibility index (Phi) is 4.95. The standard InChI is InChI=1S/C14H16N2O3S/c1-10(14-15-7-8-20-14)16-11-3-5-12(6-4-11)19-9-13(17)18-2/h3-8,10,16H,9H2,1-2H3. The van der Waals surface area contributed by atoms with Gasteiger partial charge in [0.2, 0.25) is 0 Å². The zero-order chi connectivity index (χ0) is 14.4. The summed E-state index contributed by atoms with van der Waals surface area (Å²) in [5.74, 6) is 0.229. The fourth-order valence-corrected chi connectivity index (χ4v) is 2.25. The van der Waals surface area contributed by atoms with Crippen molar-refractivity contribution in [3.05, 3.63) is 40.8 Å². The Hall–Kier alpha value is -2.08. The monoisotopic (exact) mass is 292 g/mol. The molecule has 106 valence electrons. The summed E-state index contributed by atoms with van der Waals surface area (Å²) in [6.07, 6.45) is 1.79. The van der Waals surface area contributed by atoms with E-state index in [0.717, 1.165) is 10.7 Å². The molecule has 0 spiro atoms. The molecule has 1 unspecified atom stereocenters. The molecular weight excluding hydrogens is 276 g/mol. The third-order valence-electron chi connectivity index (χ3n) is 2.64. The van der Waals surface area contributed by atoms with Crippen molar-refractivity contribution in [3.8, 4) is 5.75 Å². The van der Waals surface area contributed by atoms with Crippen LogP contribution in [-0.2, 0) is 9.53 Å². The van der Waals surface area contributed by atoms with Crippen molar-refractivity contribution in [2.24, 2.45) is 0 Å². The van der Waals surface area contributed by atoms with Crippen molar-refractivity contribution in [1.82, 2.24) is 4.98 Å². The highest BCUT2D eigenvalue weighted by atomic mass is 32.1. The molecule has 0 fully saturated rings. The number of anilines is 1. The summed E-state index contributed by atoms with van der Waals surface area (Å²) in [5.41, 5.74) is 0.970. The Balaban J connectivity index is 1.89. The van der Waals surface area contributed by atoms with E-state index in [4.69, 9.17) is 4.74 Å². The Labute approximate surface area is 121 Å². The highest BCUT2D eigenvalue weighted by Crippen LogP contribution is 2.22. The highest BCUT2D eigenvalue weighted by Gasteiger charge is 2.08. The third-order valence-corrected chi connectivity index (χ3v) is 3.60. The van der Waals surface area contributed by atoms with Gasteiger partial charge in [0.25, 0.3) is 0 Å². The molecule has 0 aliphatic heterocycles. The van der Waals surface area contributed by atoms with Gasteiger partial charge in [0.05, 0.1) is 13.2 Å². The number of ether oxygens (including phenoxy) is 2. The third kappa shape index (κ3) is 3.96. The van der Waals surface area contributed by atoms with Gasteiger partial charge in [-0.2, -0.15) is 0 Å². The minimum Gasteiger partial charge on any atom is -0.482 e. The fourth-order valence-electron chi connectivity index (χ4n) is 1.61. The number of aromatic nitrogens is 1. The summed E-state index contributed by atoms with van der Waals surface area (Å²) in [6.45, 7) is 1.97. The maximum absolute atomic E-state index is 11.0. The van der Waals surface area contributed by atoms with E-state index in [1.54, 1.807) is 29.7 Å². The maximum atomic E-state index is 11.0. The quantitative estimate of drug-likeness (QED) is 0.830. The number of esters is 1. The molecule has 2 aromatic rings. The van der Waals surface area contributed by atoms with Crippen LogP contribution in [-0.4, -0.2) is 24.7 Å². The van der Waals surface area contributed by atoms with Crippen LogP contribution in [0.4, 0.5) is 5.69 Å². The molecule has 1 heterocycles. The smallest absolute Gasteiger partial charge is 0.343 e. The molecule has 1 aromatic carbocycles. The van der Waals surface area contributed by atoms with Crippen LogP contribution in [0.25, 0.3) is 0 Å². The topological polar surface area (TPSA) is 60.5 Å². The van der Waals surface area contributed by atoms with Crippen LogP contribution < -0.4 is 10.1 Å². The zero-order valence-electron chi connectivity index (χ0n) is 11.3. The lowest BCUT2D eigenvalue weighted by molar-refractivity contribution is -0.142. The van der Waals surface area contributed by atoms with Crippen LogP contribution >= 0.6 is 11.3 Å². The summed E-state index contributed by atoms with van der Waals surface area (Å²) in [4.78, 5) is 15.2. The average molecular weight is 292 g/mol. The van der Waals surface area contributed by atoms with E-state index in [0.29, 0.717) is 5.75 Å². The number of hydrogen-bond acceptors (Lipinski definition) is 6. The molecule has 0 bridgehead atoms. The number of carbonyl (C=O) groups is 1. The number of thiazole rings is 1. The summed E-state index contributed by atoms with van der Waals surface area (Å²) in [6, 6.07) is 7.56. The number of hydrogen-bond donors (Lipinski definition) is 1. The molecule has 1 N–H and O–H groups in total.